The van der Waals surface area contributed by atoms with Gasteiger partial charge in [-0.25, -0.2) is 4.98 Å². The lowest BCUT2D eigenvalue weighted by Gasteiger charge is -2.19. The molecule has 0 bridgehead atoms. The molecule has 1 aromatic rings. The minimum atomic E-state index is -4.38. The number of nitrogens with zero attached hydrogens (tertiary/aromatic N) is 4. The van der Waals surface area contributed by atoms with Crippen molar-refractivity contribution in [3.05, 3.63) is 27.9 Å². The molecule has 1 aromatic heterocycles. The summed E-state index contributed by atoms with van der Waals surface area (Å²) >= 11 is 0. The van der Waals surface area contributed by atoms with Gasteiger partial charge in [-0.1, -0.05) is 5.16 Å². The van der Waals surface area contributed by atoms with E-state index in [-0.39, 0.29) is 11.4 Å². The highest BCUT2D eigenvalue weighted by molar-refractivity contribution is 5.97. The number of nitro groups is 1. The zero-order valence-electron chi connectivity index (χ0n) is 10.8. The van der Waals surface area contributed by atoms with Crippen molar-refractivity contribution in [2.24, 2.45) is 10.9 Å². The van der Waals surface area contributed by atoms with E-state index in [1.54, 1.807) is 0 Å². The maximum atomic E-state index is 12.2. The van der Waals surface area contributed by atoms with E-state index < -0.39 is 35.6 Å². The third kappa shape index (κ3) is 4.47. The summed E-state index contributed by atoms with van der Waals surface area (Å²) in [6.45, 7) is -0.486. The quantitative estimate of drug-likeness (QED) is 0.279. The molecule has 0 aromatic carbocycles. The molecule has 8 nitrogen and oxygen atoms in total. The van der Waals surface area contributed by atoms with Gasteiger partial charge in [0.05, 0.1) is 11.3 Å². The first-order valence-corrected chi connectivity index (χ1v) is 5.56. The highest BCUT2D eigenvalue weighted by Gasteiger charge is 2.29. The smallest absolute Gasteiger partial charge is 0.390 e. The van der Waals surface area contributed by atoms with Gasteiger partial charge < -0.3 is 15.8 Å². The lowest BCUT2D eigenvalue weighted by molar-refractivity contribution is -0.384. The van der Waals surface area contributed by atoms with Gasteiger partial charge in [-0.05, 0) is 0 Å². The Kier molecular flexibility index (Phi) is 4.89. The maximum Gasteiger partial charge on any atom is 0.390 e. The topological polar surface area (TPSA) is 118 Å². The number of nitrogens with two attached hydrogens (primary N) is 1. The Balaban J connectivity index is 3.09. The van der Waals surface area contributed by atoms with Gasteiger partial charge in [0.1, 0.15) is 0 Å². The van der Waals surface area contributed by atoms with E-state index in [0.717, 1.165) is 17.2 Å². The normalized spacial score (nSPS) is 12.3. The van der Waals surface area contributed by atoms with E-state index in [9.17, 15) is 23.3 Å². The van der Waals surface area contributed by atoms with E-state index in [0.29, 0.717) is 0 Å². The SMILES string of the molecule is CN(CCC(F)(F)F)c1ncc(C(N)=NO)cc1[N+](=O)[O-]. The molecule has 0 aliphatic heterocycles. The van der Waals surface area contributed by atoms with Gasteiger partial charge in [-0.3, -0.25) is 10.1 Å². The number of hydrogen-bond donors (Lipinski definition) is 2. The van der Waals surface area contributed by atoms with Gasteiger partial charge in [0.15, 0.2) is 5.84 Å². The second kappa shape index (κ2) is 6.24. The Morgan fingerprint density at radius 3 is 2.71 bits per heavy atom. The van der Waals surface area contributed by atoms with E-state index in [4.69, 9.17) is 10.9 Å². The number of halogens is 3. The van der Waals surface area contributed by atoms with Crippen molar-refractivity contribution in [3.8, 4) is 0 Å². The molecule has 11 heteroatoms. The van der Waals surface area contributed by atoms with E-state index >= 15 is 0 Å². The summed E-state index contributed by atoms with van der Waals surface area (Å²) in [6.07, 6.45) is -4.44. The van der Waals surface area contributed by atoms with Gasteiger partial charge in [0, 0.05) is 31.4 Å². The first kappa shape index (κ1) is 16.5. The summed E-state index contributed by atoms with van der Waals surface area (Å²) in [7, 11) is 1.25. The van der Waals surface area contributed by atoms with E-state index in [2.05, 4.69) is 10.1 Å². The number of aromatic nitrogens is 1. The predicted octanol–water partition coefficient (Wildman–Crippen LogP) is 1.47. The molecule has 0 amide bonds. The van der Waals surface area contributed by atoms with Crippen LogP contribution in [0.25, 0.3) is 0 Å². The van der Waals surface area contributed by atoms with Crippen LogP contribution in [0.2, 0.25) is 0 Å². The Morgan fingerprint density at radius 2 is 2.24 bits per heavy atom. The van der Waals surface area contributed by atoms with Crippen molar-refractivity contribution < 1.29 is 23.3 Å². The second-order valence-electron chi connectivity index (χ2n) is 4.10. The van der Waals surface area contributed by atoms with Crippen LogP contribution in [0, 0.1) is 10.1 Å². The molecule has 3 N–H and O–H groups in total. The Labute approximate surface area is 116 Å². The van der Waals surface area contributed by atoms with Crippen molar-refractivity contribution in [2.75, 3.05) is 18.5 Å². The monoisotopic (exact) mass is 307 g/mol. The lowest BCUT2D eigenvalue weighted by Crippen LogP contribution is -2.26. The molecule has 21 heavy (non-hydrogen) atoms. The number of amidine groups is 1. The molecule has 0 aliphatic rings. The van der Waals surface area contributed by atoms with Crippen LogP contribution < -0.4 is 10.6 Å². The minimum absolute atomic E-state index is 0.0165. The number of pyridine rings is 1. The van der Waals surface area contributed by atoms with Crippen LogP contribution >= 0.6 is 0 Å². The van der Waals surface area contributed by atoms with Gasteiger partial charge in [-0.2, -0.15) is 13.2 Å². The van der Waals surface area contributed by atoms with Crippen LogP contribution in [0.4, 0.5) is 24.7 Å². The number of hydrogen-bond acceptors (Lipinski definition) is 6. The molecule has 1 rings (SSSR count). The summed E-state index contributed by atoms with van der Waals surface area (Å²) in [5.41, 5.74) is 4.73. The highest BCUT2D eigenvalue weighted by Crippen LogP contribution is 2.27. The fourth-order valence-corrected chi connectivity index (χ4v) is 1.47. The average Bonchev–Trinajstić information content (AvgIpc) is 2.42. The maximum absolute atomic E-state index is 12.2. The fourth-order valence-electron chi connectivity index (χ4n) is 1.47. The molecule has 1 heterocycles. The van der Waals surface area contributed by atoms with Gasteiger partial charge in [-0.15, -0.1) is 0 Å². The van der Waals surface area contributed by atoms with Crippen molar-refractivity contribution in [3.63, 3.8) is 0 Å². The molecule has 0 atom stereocenters. The predicted molar refractivity (Wildman–Crippen MR) is 67.3 cm³/mol. The molecule has 0 spiro atoms. The Hall–Kier alpha value is -2.59. The largest absolute Gasteiger partial charge is 0.409 e. The Morgan fingerprint density at radius 1 is 1.62 bits per heavy atom. The van der Waals surface area contributed by atoms with Crippen LogP contribution in [0.15, 0.2) is 17.4 Å². The van der Waals surface area contributed by atoms with Crippen LogP contribution in [0.3, 0.4) is 0 Å². The van der Waals surface area contributed by atoms with Gasteiger partial charge >= 0.3 is 11.9 Å². The Bertz CT molecular complexity index is 561. The molecule has 0 saturated heterocycles. The first-order chi connectivity index (χ1) is 9.65. The van der Waals surface area contributed by atoms with Crippen molar-refractivity contribution in [1.82, 2.24) is 4.98 Å². The number of rotatable bonds is 5. The summed E-state index contributed by atoms with van der Waals surface area (Å²) in [4.78, 5) is 14.9. The van der Waals surface area contributed by atoms with Crippen LogP contribution in [0.1, 0.15) is 12.0 Å². The summed E-state index contributed by atoms with van der Waals surface area (Å²) in [5.74, 6) is -0.631. The third-order valence-corrected chi connectivity index (χ3v) is 2.54. The van der Waals surface area contributed by atoms with Crippen molar-refractivity contribution in [1.29, 1.82) is 0 Å². The summed E-state index contributed by atoms with van der Waals surface area (Å²) < 4.78 is 36.5. The summed E-state index contributed by atoms with van der Waals surface area (Å²) in [5, 5.41) is 22.1. The number of oxime groups is 1. The van der Waals surface area contributed by atoms with Gasteiger partial charge in [0.2, 0.25) is 5.82 Å². The molecular weight excluding hydrogens is 295 g/mol. The van der Waals surface area contributed by atoms with E-state index in [1.165, 1.54) is 7.05 Å². The number of anilines is 1. The van der Waals surface area contributed by atoms with Crippen molar-refractivity contribution in [2.45, 2.75) is 12.6 Å². The minimum Gasteiger partial charge on any atom is -0.409 e. The lowest BCUT2D eigenvalue weighted by atomic mass is 10.2. The van der Waals surface area contributed by atoms with Gasteiger partial charge in [0.25, 0.3) is 0 Å². The molecule has 0 saturated carbocycles. The average molecular weight is 307 g/mol. The number of alkyl halides is 3. The standard InChI is InChI=1S/C10H12F3N5O3/c1-17(3-2-10(11,12)13)9-7(18(20)21)4-6(5-15-9)8(14)16-19/h4-5,19H,2-3H2,1H3,(H2,14,16). The molecule has 116 valence electrons. The second-order valence-corrected chi connectivity index (χ2v) is 4.10. The highest BCUT2D eigenvalue weighted by atomic mass is 19.4. The zero-order chi connectivity index (χ0) is 16.2. The van der Waals surface area contributed by atoms with Crippen LogP contribution in [-0.2, 0) is 0 Å². The molecule has 0 fully saturated rings. The first-order valence-electron chi connectivity index (χ1n) is 5.56. The summed E-state index contributed by atoms with van der Waals surface area (Å²) in [6, 6.07) is 0.974. The van der Waals surface area contributed by atoms with E-state index in [1.807, 2.05) is 0 Å². The third-order valence-electron chi connectivity index (χ3n) is 2.54. The molecule has 0 aliphatic carbocycles. The molecular formula is C10H12F3N5O3. The molecule has 0 radical (unpaired) electrons. The van der Waals surface area contributed by atoms with Crippen LogP contribution in [-0.4, -0.2) is 40.7 Å². The molecule has 0 unspecified atom stereocenters. The zero-order valence-corrected chi connectivity index (χ0v) is 10.8. The van der Waals surface area contributed by atoms with Crippen LogP contribution in [0.5, 0.6) is 0 Å². The van der Waals surface area contributed by atoms with Crippen molar-refractivity contribution >= 4 is 17.3 Å². The fraction of sp³-hybridized carbons (Fsp3) is 0.400.